The molecule has 0 aliphatic rings. The first-order chi connectivity index (χ1) is 10.5. The summed E-state index contributed by atoms with van der Waals surface area (Å²) >= 11 is 12.0. The molecule has 0 fully saturated rings. The van der Waals surface area contributed by atoms with E-state index >= 15 is 0 Å². The molecule has 0 N–H and O–H groups in total. The Morgan fingerprint density at radius 1 is 0.818 bits per heavy atom. The van der Waals surface area contributed by atoms with Crippen LogP contribution in [0.3, 0.4) is 0 Å². The van der Waals surface area contributed by atoms with E-state index in [-0.39, 0.29) is 0 Å². The van der Waals surface area contributed by atoms with Crippen molar-refractivity contribution in [1.82, 2.24) is 0 Å². The van der Waals surface area contributed by atoms with Gasteiger partial charge in [0.1, 0.15) is 5.78 Å². The van der Waals surface area contributed by atoms with Crippen LogP contribution in [0.2, 0.25) is 10.0 Å². The number of benzene rings is 2. The van der Waals surface area contributed by atoms with E-state index < -0.39 is 0 Å². The van der Waals surface area contributed by atoms with E-state index in [1.54, 1.807) is 0 Å². The zero-order valence-electron chi connectivity index (χ0n) is 13.0. The van der Waals surface area contributed by atoms with Gasteiger partial charge in [-0.05, 0) is 61.1 Å². The molecule has 0 aromatic heterocycles. The third-order valence-corrected chi connectivity index (χ3v) is 4.68. The Morgan fingerprint density at radius 2 is 1.23 bits per heavy atom. The highest BCUT2D eigenvalue weighted by Gasteiger charge is 2.06. The average Bonchev–Trinajstić information content (AvgIpc) is 2.49. The number of hydrogen-bond acceptors (Lipinski definition) is 1. The van der Waals surface area contributed by atoms with Crippen molar-refractivity contribution in [3.63, 3.8) is 0 Å². The van der Waals surface area contributed by atoms with Gasteiger partial charge >= 0.3 is 0 Å². The van der Waals surface area contributed by atoms with E-state index in [1.807, 2.05) is 38.1 Å². The van der Waals surface area contributed by atoms with Crippen LogP contribution in [-0.2, 0) is 17.6 Å². The summed E-state index contributed by atoms with van der Waals surface area (Å²) in [5.74, 6) is 0.292. The maximum absolute atomic E-state index is 12.0. The molecule has 116 valence electrons. The topological polar surface area (TPSA) is 17.1 Å². The predicted molar refractivity (Wildman–Crippen MR) is 94.0 cm³/mol. The summed E-state index contributed by atoms with van der Waals surface area (Å²) in [6.45, 7) is 3.97. The van der Waals surface area contributed by atoms with Crippen molar-refractivity contribution in [3.8, 4) is 0 Å². The van der Waals surface area contributed by atoms with Crippen LogP contribution in [0, 0.1) is 13.8 Å². The second-order valence-corrected chi connectivity index (χ2v) is 6.52. The Labute approximate surface area is 142 Å². The average molecular weight is 335 g/mol. The van der Waals surface area contributed by atoms with Crippen molar-refractivity contribution < 1.29 is 4.79 Å². The molecule has 0 aliphatic carbocycles. The summed E-state index contributed by atoms with van der Waals surface area (Å²) in [6.07, 6.45) is 2.70. The molecule has 0 atom stereocenters. The van der Waals surface area contributed by atoms with Crippen molar-refractivity contribution in [2.24, 2.45) is 0 Å². The summed E-state index contributed by atoms with van der Waals surface area (Å²) in [7, 11) is 0. The lowest BCUT2D eigenvalue weighted by molar-refractivity contribution is -0.119. The number of rotatable bonds is 6. The van der Waals surface area contributed by atoms with Crippen LogP contribution in [0.1, 0.15) is 35.1 Å². The summed E-state index contributed by atoms with van der Waals surface area (Å²) in [5.41, 5.74) is 4.45. The summed E-state index contributed by atoms with van der Waals surface area (Å²) in [5, 5.41) is 1.54. The van der Waals surface area contributed by atoms with Gasteiger partial charge in [0.2, 0.25) is 0 Å². The first kappa shape index (κ1) is 17.1. The van der Waals surface area contributed by atoms with Crippen LogP contribution in [0.15, 0.2) is 36.4 Å². The van der Waals surface area contributed by atoms with Gasteiger partial charge in [-0.15, -0.1) is 0 Å². The highest BCUT2D eigenvalue weighted by Crippen LogP contribution is 2.19. The highest BCUT2D eigenvalue weighted by molar-refractivity contribution is 6.31. The molecular formula is C19H20Cl2O. The van der Waals surface area contributed by atoms with Crippen LogP contribution in [0.4, 0.5) is 0 Å². The minimum Gasteiger partial charge on any atom is -0.300 e. The maximum Gasteiger partial charge on any atom is 0.133 e. The summed E-state index contributed by atoms with van der Waals surface area (Å²) < 4.78 is 0. The van der Waals surface area contributed by atoms with E-state index in [2.05, 4.69) is 12.1 Å². The maximum atomic E-state index is 12.0. The highest BCUT2D eigenvalue weighted by atomic mass is 35.5. The number of carbonyl (C=O) groups excluding carboxylic acids is 1. The predicted octanol–water partition coefficient (Wildman–Crippen LogP) is 5.74. The monoisotopic (exact) mass is 334 g/mol. The van der Waals surface area contributed by atoms with Gasteiger partial charge in [0.05, 0.1) is 0 Å². The van der Waals surface area contributed by atoms with Gasteiger partial charge in [0.25, 0.3) is 0 Å². The van der Waals surface area contributed by atoms with Crippen LogP contribution in [-0.4, -0.2) is 5.78 Å². The molecule has 0 saturated heterocycles. The molecule has 0 aliphatic heterocycles. The Balaban J connectivity index is 1.82. The second-order valence-electron chi connectivity index (χ2n) is 5.71. The van der Waals surface area contributed by atoms with E-state index in [0.29, 0.717) is 18.6 Å². The number of ketones is 1. The van der Waals surface area contributed by atoms with E-state index in [9.17, 15) is 4.79 Å². The van der Waals surface area contributed by atoms with Crippen LogP contribution in [0.25, 0.3) is 0 Å². The lowest BCUT2D eigenvalue weighted by atomic mass is 10.0. The molecule has 3 heteroatoms. The van der Waals surface area contributed by atoms with Gasteiger partial charge in [-0.1, -0.05) is 47.5 Å². The first-order valence-corrected chi connectivity index (χ1v) is 8.23. The summed E-state index contributed by atoms with van der Waals surface area (Å²) in [6, 6.07) is 11.9. The van der Waals surface area contributed by atoms with Gasteiger partial charge in [-0.25, -0.2) is 0 Å². The normalized spacial score (nSPS) is 10.7. The number of hydrogen-bond donors (Lipinski definition) is 0. The van der Waals surface area contributed by atoms with Gasteiger partial charge in [-0.2, -0.15) is 0 Å². The Bertz CT molecular complexity index is 620. The molecule has 2 rings (SSSR count). The second kappa shape index (κ2) is 7.80. The third-order valence-electron chi connectivity index (χ3n) is 3.83. The molecule has 0 unspecified atom stereocenters. The SMILES string of the molecule is Cc1cc(CCC(=O)CCc2ccc(Cl)c(C)c2)ccc1Cl. The molecule has 0 spiro atoms. The molecule has 2 aromatic carbocycles. The van der Waals surface area contributed by atoms with Crippen molar-refractivity contribution in [3.05, 3.63) is 68.7 Å². The summed E-state index contributed by atoms with van der Waals surface area (Å²) in [4.78, 5) is 12.0. The zero-order chi connectivity index (χ0) is 16.1. The molecule has 0 heterocycles. The quantitative estimate of drug-likeness (QED) is 0.657. The number of carbonyl (C=O) groups is 1. The fourth-order valence-electron chi connectivity index (χ4n) is 2.42. The zero-order valence-corrected chi connectivity index (χ0v) is 14.5. The van der Waals surface area contributed by atoms with Gasteiger partial charge < -0.3 is 0 Å². The van der Waals surface area contributed by atoms with Gasteiger partial charge in [0, 0.05) is 22.9 Å². The smallest absolute Gasteiger partial charge is 0.133 e. The number of aryl methyl sites for hydroxylation is 4. The molecule has 0 amide bonds. The fraction of sp³-hybridized carbons (Fsp3) is 0.316. The van der Waals surface area contributed by atoms with Crippen molar-refractivity contribution in [2.45, 2.75) is 39.5 Å². The Kier molecular flexibility index (Phi) is 6.05. The van der Waals surface area contributed by atoms with Gasteiger partial charge in [0.15, 0.2) is 0 Å². The standard InChI is InChI=1S/C19H20Cl2O/c1-13-11-15(5-9-18(13)20)3-7-17(22)8-4-16-6-10-19(21)14(2)12-16/h5-6,9-12H,3-4,7-8H2,1-2H3. The Hall–Kier alpha value is -1.31. The van der Waals surface area contributed by atoms with E-state index in [4.69, 9.17) is 23.2 Å². The number of halogens is 2. The van der Waals surface area contributed by atoms with Crippen molar-refractivity contribution >= 4 is 29.0 Å². The lowest BCUT2D eigenvalue weighted by Gasteiger charge is -2.06. The minimum atomic E-state index is 0.292. The van der Waals surface area contributed by atoms with Crippen LogP contribution >= 0.6 is 23.2 Å². The van der Waals surface area contributed by atoms with Crippen molar-refractivity contribution in [1.29, 1.82) is 0 Å². The number of Topliss-reactive ketones (excluding diaryl/α,β-unsaturated/α-hetero) is 1. The Morgan fingerprint density at radius 3 is 1.59 bits per heavy atom. The molecule has 22 heavy (non-hydrogen) atoms. The molecular weight excluding hydrogens is 315 g/mol. The molecule has 0 bridgehead atoms. The largest absolute Gasteiger partial charge is 0.300 e. The van der Waals surface area contributed by atoms with Crippen LogP contribution < -0.4 is 0 Å². The van der Waals surface area contributed by atoms with Crippen LogP contribution in [0.5, 0.6) is 0 Å². The first-order valence-electron chi connectivity index (χ1n) is 7.47. The van der Waals surface area contributed by atoms with Crippen molar-refractivity contribution in [2.75, 3.05) is 0 Å². The fourth-order valence-corrected chi connectivity index (χ4v) is 2.65. The molecule has 0 saturated carbocycles. The molecule has 0 radical (unpaired) electrons. The molecule has 2 aromatic rings. The molecule has 1 nitrogen and oxygen atoms in total. The van der Waals surface area contributed by atoms with E-state index in [1.165, 1.54) is 0 Å². The lowest BCUT2D eigenvalue weighted by Crippen LogP contribution is -2.02. The van der Waals surface area contributed by atoms with E-state index in [0.717, 1.165) is 45.1 Å². The minimum absolute atomic E-state index is 0.292. The van der Waals surface area contributed by atoms with Gasteiger partial charge in [-0.3, -0.25) is 4.79 Å². The third kappa shape index (κ3) is 4.86.